The maximum absolute atomic E-state index is 13.3. The van der Waals surface area contributed by atoms with E-state index in [2.05, 4.69) is 25.5 Å². The van der Waals surface area contributed by atoms with Crippen molar-refractivity contribution in [1.29, 1.82) is 0 Å². The second-order valence-corrected chi connectivity index (χ2v) is 10.2. The Balaban J connectivity index is 1.43. The summed E-state index contributed by atoms with van der Waals surface area (Å²) in [6.45, 7) is 2.90. The van der Waals surface area contributed by atoms with Crippen molar-refractivity contribution in [3.63, 3.8) is 0 Å². The van der Waals surface area contributed by atoms with Crippen LogP contribution in [0.5, 0.6) is 0 Å². The molecule has 0 spiro atoms. The number of carbonyl (C=O) groups is 1. The fourth-order valence-electron chi connectivity index (χ4n) is 4.58. The minimum Gasteiger partial charge on any atom is -0.395 e. The summed E-state index contributed by atoms with van der Waals surface area (Å²) in [5, 5.41) is 35.8. The molecule has 0 saturated carbocycles. The Kier molecular flexibility index (Phi) is 7.46. The number of nitrogens with zero attached hydrogens (tertiary/aromatic N) is 5. The summed E-state index contributed by atoms with van der Waals surface area (Å²) in [7, 11) is 0. The second-order valence-electron chi connectivity index (χ2n) is 9.15. The molecule has 12 heteroatoms. The normalized spacial score (nSPS) is 19.0. The van der Waals surface area contributed by atoms with Crippen molar-refractivity contribution in [3.8, 4) is 0 Å². The van der Waals surface area contributed by atoms with E-state index in [-0.39, 0.29) is 24.3 Å². The zero-order valence-corrected chi connectivity index (χ0v) is 20.7. The summed E-state index contributed by atoms with van der Waals surface area (Å²) in [5.41, 5.74) is 1.37. The predicted molar refractivity (Wildman–Crippen MR) is 140 cm³/mol. The van der Waals surface area contributed by atoms with Gasteiger partial charge in [-0.15, -0.1) is 0 Å². The number of thiazole rings is 1. The molecule has 36 heavy (non-hydrogen) atoms. The lowest BCUT2D eigenvalue weighted by Gasteiger charge is -2.32. The third-order valence-electron chi connectivity index (χ3n) is 6.45. The summed E-state index contributed by atoms with van der Waals surface area (Å²) in [6, 6.07) is 7.22. The highest BCUT2D eigenvalue weighted by molar-refractivity contribution is 7.22. The highest BCUT2D eigenvalue weighted by Gasteiger charge is 2.25. The number of nitrogens with one attached hydrogen (secondary N) is 2. The molecule has 1 amide bonds. The summed E-state index contributed by atoms with van der Waals surface area (Å²) < 4.78 is 0.792. The zero-order chi connectivity index (χ0) is 25.1. The van der Waals surface area contributed by atoms with Gasteiger partial charge in [-0.25, -0.2) is 15.0 Å². The average molecular weight is 514 g/mol. The number of hydrogen-bond donors (Lipinski definition) is 5. The van der Waals surface area contributed by atoms with Gasteiger partial charge < -0.3 is 35.8 Å². The summed E-state index contributed by atoms with van der Waals surface area (Å²) in [6.07, 6.45) is 2.17. The van der Waals surface area contributed by atoms with Crippen LogP contribution < -0.4 is 20.4 Å². The Bertz CT molecular complexity index is 1210. The number of aliphatic hydroxyl groups is 3. The molecule has 0 bridgehead atoms. The number of carbonyl (C=O) groups excluding carboxylic acids is 1. The van der Waals surface area contributed by atoms with Gasteiger partial charge >= 0.3 is 0 Å². The molecule has 0 radical (unpaired) electrons. The number of rotatable bonds is 7. The van der Waals surface area contributed by atoms with Gasteiger partial charge in [-0.05, 0) is 43.9 Å². The Labute approximate surface area is 212 Å². The van der Waals surface area contributed by atoms with E-state index in [1.54, 1.807) is 6.07 Å². The number of pyridine rings is 2. The van der Waals surface area contributed by atoms with E-state index in [1.807, 2.05) is 23.1 Å². The van der Waals surface area contributed by atoms with E-state index in [0.29, 0.717) is 73.7 Å². The molecule has 2 aliphatic heterocycles. The minimum atomic E-state index is -0.460. The number of anilines is 4. The van der Waals surface area contributed by atoms with E-state index in [1.165, 1.54) is 11.3 Å². The molecule has 5 rings (SSSR count). The number of fused-ring (bicyclic) bond motifs is 1. The summed E-state index contributed by atoms with van der Waals surface area (Å²) in [5.74, 6) is 0.927. The van der Waals surface area contributed by atoms with Crippen LogP contribution >= 0.6 is 11.3 Å². The molecule has 11 nitrogen and oxygen atoms in total. The number of aromatic nitrogens is 3. The van der Waals surface area contributed by atoms with Crippen LogP contribution in [0.4, 0.5) is 22.5 Å². The predicted octanol–water partition coefficient (Wildman–Crippen LogP) is 1.66. The molecule has 5 heterocycles. The van der Waals surface area contributed by atoms with Gasteiger partial charge in [0.2, 0.25) is 0 Å². The van der Waals surface area contributed by atoms with Crippen molar-refractivity contribution in [3.05, 3.63) is 30.0 Å². The van der Waals surface area contributed by atoms with Crippen molar-refractivity contribution in [2.24, 2.45) is 0 Å². The standard InChI is InChI=1S/C24H31N7O4S/c32-12-8-25-24-29-21-19(36-24)13-18(22(28-21)31-9-2-3-16(34)14-31)27-23(35)17-4-1-5-20(26-17)30-10-6-15(33)7-11-30/h1,4-5,13,15-16,32-34H,2-3,6-12,14H2,(H,27,35)(H,25,28,29)/t16-/m1/s1. The van der Waals surface area contributed by atoms with Gasteiger partial charge in [0.1, 0.15) is 11.5 Å². The van der Waals surface area contributed by atoms with Crippen LogP contribution in [0.25, 0.3) is 10.3 Å². The molecule has 3 aromatic heterocycles. The Morgan fingerprint density at radius 3 is 2.67 bits per heavy atom. The van der Waals surface area contributed by atoms with Crippen molar-refractivity contribution < 1.29 is 20.1 Å². The maximum Gasteiger partial charge on any atom is 0.274 e. The third-order valence-corrected chi connectivity index (χ3v) is 7.40. The lowest BCUT2D eigenvalue weighted by atomic mass is 10.1. The fourth-order valence-corrected chi connectivity index (χ4v) is 5.45. The van der Waals surface area contributed by atoms with Gasteiger partial charge in [0.15, 0.2) is 16.6 Å². The molecule has 0 unspecified atom stereocenters. The van der Waals surface area contributed by atoms with Crippen LogP contribution in [0, 0.1) is 0 Å². The van der Waals surface area contributed by atoms with Crippen LogP contribution in [0.3, 0.4) is 0 Å². The summed E-state index contributed by atoms with van der Waals surface area (Å²) in [4.78, 5) is 31.2. The molecule has 2 saturated heterocycles. The SMILES string of the molecule is O=C(Nc1cc2sc(NCCO)nc2nc1N1CCC[C@@H](O)C1)c1cccc(N2CCC(O)CC2)n1. The number of hydrogen-bond acceptors (Lipinski definition) is 11. The molecule has 3 aromatic rings. The monoisotopic (exact) mass is 513 g/mol. The first-order valence-electron chi connectivity index (χ1n) is 12.3. The number of amides is 1. The van der Waals surface area contributed by atoms with Crippen LogP contribution in [0.2, 0.25) is 0 Å². The van der Waals surface area contributed by atoms with Gasteiger partial charge in [0.05, 0.1) is 29.2 Å². The topological polar surface area (TPSA) is 147 Å². The van der Waals surface area contributed by atoms with Gasteiger partial charge in [0.25, 0.3) is 5.91 Å². The molecule has 192 valence electrons. The second kappa shape index (κ2) is 10.9. The molecule has 0 aromatic carbocycles. The third kappa shape index (κ3) is 5.51. The highest BCUT2D eigenvalue weighted by Crippen LogP contribution is 2.34. The number of aliphatic hydroxyl groups excluding tert-OH is 3. The van der Waals surface area contributed by atoms with Crippen molar-refractivity contribution >= 4 is 50.0 Å². The summed E-state index contributed by atoms with van der Waals surface area (Å²) >= 11 is 1.39. The lowest BCUT2D eigenvalue weighted by Crippen LogP contribution is -2.39. The van der Waals surface area contributed by atoms with E-state index >= 15 is 0 Å². The van der Waals surface area contributed by atoms with E-state index in [0.717, 1.165) is 17.5 Å². The van der Waals surface area contributed by atoms with E-state index < -0.39 is 6.10 Å². The van der Waals surface area contributed by atoms with Crippen molar-refractivity contribution in [1.82, 2.24) is 15.0 Å². The minimum absolute atomic E-state index is 0.00828. The Morgan fingerprint density at radius 2 is 1.89 bits per heavy atom. The van der Waals surface area contributed by atoms with E-state index in [9.17, 15) is 15.0 Å². The molecule has 0 aliphatic carbocycles. The molecule has 2 aliphatic rings. The largest absolute Gasteiger partial charge is 0.395 e. The van der Waals surface area contributed by atoms with Crippen molar-refractivity contribution in [2.45, 2.75) is 37.9 Å². The van der Waals surface area contributed by atoms with E-state index in [4.69, 9.17) is 10.1 Å². The van der Waals surface area contributed by atoms with Crippen LogP contribution in [-0.4, -0.2) is 87.7 Å². The Morgan fingerprint density at radius 1 is 1.06 bits per heavy atom. The number of β-amino-alcohol motifs (C(OH)–C–C–N with tert-alkyl or cyclic N) is 1. The van der Waals surface area contributed by atoms with Gasteiger partial charge in [-0.2, -0.15) is 0 Å². The Hall–Kier alpha value is -3.06. The molecular formula is C24H31N7O4S. The first-order chi connectivity index (χ1) is 17.5. The fraction of sp³-hybridized carbons (Fsp3) is 0.500. The smallest absolute Gasteiger partial charge is 0.274 e. The van der Waals surface area contributed by atoms with Gasteiger partial charge in [-0.1, -0.05) is 17.4 Å². The molecule has 1 atom stereocenters. The highest BCUT2D eigenvalue weighted by atomic mass is 32.1. The quantitative estimate of drug-likeness (QED) is 0.316. The lowest BCUT2D eigenvalue weighted by molar-refractivity contribution is 0.102. The average Bonchev–Trinajstić information content (AvgIpc) is 3.29. The molecular weight excluding hydrogens is 482 g/mol. The number of piperidine rings is 2. The van der Waals surface area contributed by atoms with Crippen molar-refractivity contribution in [2.75, 3.05) is 59.8 Å². The van der Waals surface area contributed by atoms with Gasteiger partial charge in [-0.3, -0.25) is 4.79 Å². The zero-order valence-electron chi connectivity index (χ0n) is 19.9. The first kappa shape index (κ1) is 24.6. The van der Waals surface area contributed by atoms with Crippen LogP contribution in [0.1, 0.15) is 36.2 Å². The molecule has 5 N–H and O–H groups in total. The maximum atomic E-state index is 13.3. The first-order valence-corrected chi connectivity index (χ1v) is 13.1. The van der Waals surface area contributed by atoms with Gasteiger partial charge in [0, 0.05) is 32.7 Å². The van der Waals surface area contributed by atoms with Crippen LogP contribution in [-0.2, 0) is 0 Å². The molecule has 2 fully saturated rings. The van der Waals surface area contributed by atoms with Crippen LogP contribution in [0.15, 0.2) is 24.3 Å².